The highest BCUT2D eigenvalue weighted by molar-refractivity contribution is 8.00. The number of hydrogen-bond acceptors (Lipinski definition) is 2. The van der Waals surface area contributed by atoms with E-state index in [0.717, 1.165) is 5.92 Å². The Balaban J connectivity index is 0.00000169. The molecule has 0 aromatic rings. The van der Waals surface area contributed by atoms with Crippen molar-refractivity contribution in [3.8, 4) is 0 Å². The Labute approximate surface area is 99.2 Å². The molecule has 1 aliphatic rings. The third-order valence-electron chi connectivity index (χ3n) is 2.52. The lowest BCUT2D eigenvalue weighted by Crippen LogP contribution is -2.28. The van der Waals surface area contributed by atoms with E-state index in [1.165, 1.54) is 38.1 Å². The van der Waals surface area contributed by atoms with E-state index in [1.807, 2.05) is 0 Å². The van der Waals surface area contributed by atoms with Crippen molar-refractivity contribution in [2.45, 2.75) is 44.8 Å². The van der Waals surface area contributed by atoms with Gasteiger partial charge in [0, 0.05) is 4.75 Å². The van der Waals surface area contributed by atoms with E-state index in [4.69, 9.17) is 0 Å². The van der Waals surface area contributed by atoms with E-state index in [1.54, 1.807) is 0 Å². The van der Waals surface area contributed by atoms with Crippen LogP contribution in [0, 0.1) is 5.92 Å². The van der Waals surface area contributed by atoms with Crippen molar-refractivity contribution in [3.63, 3.8) is 0 Å². The van der Waals surface area contributed by atoms with E-state index < -0.39 is 0 Å². The van der Waals surface area contributed by atoms with Gasteiger partial charge in [0.05, 0.1) is 0 Å². The highest BCUT2D eigenvalue weighted by Gasteiger charge is 2.15. The first-order valence-electron chi connectivity index (χ1n) is 5.42. The first kappa shape index (κ1) is 14.6. The van der Waals surface area contributed by atoms with Gasteiger partial charge < -0.3 is 5.32 Å². The van der Waals surface area contributed by atoms with Crippen LogP contribution in [0.3, 0.4) is 0 Å². The molecule has 1 rings (SSSR count). The molecule has 0 amide bonds. The van der Waals surface area contributed by atoms with Gasteiger partial charge in [-0.3, -0.25) is 0 Å². The zero-order valence-electron chi connectivity index (χ0n) is 9.64. The van der Waals surface area contributed by atoms with E-state index in [-0.39, 0.29) is 12.4 Å². The number of rotatable bonds is 3. The first-order valence-corrected chi connectivity index (χ1v) is 6.41. The van der Waals surface area contributed by atoms with Crippen LogP contribution in [0.1, 0.15) is 40.0 Å². The summed E-state index contributed by atoms with van der Waals surface area (Å²) in [4.78, 5) is 0. The molecule has 1 heterocycles. The highest BCUT2D eigenvalue weighted by atomic mass is 35.5. The summed E-state index contributed by atoms with van der Waals surface area (Å²) in [5, 5.41) is 3.41. The normalized spacial score (nSPS) is 19.1. The van der Waals surface area contributed by atoms with Crippen LogP contribution >= 0.6 is 24.2 Å². The minimum atomic E-state index is 0. The maximum Gasteiger partial charge on any atom is 0.00750 e. The maximum absolute atomic E-state index is 3.41. The van der Waals surface area contributed by atoms with Crippen LogP contribution in [-0.2, 0) is 0 Å². The largest absolute Gasteiger partial charge is 0.317 e. The molecule has 1 N–H and O–H groups in total. The zero-order valence-corrected chi connectivity index (χ0v) is 11.3. The van der Waals surface area contributed by atoms with Crippen molar-refractivity contribution in [3.05, 3.63) is 0 Å². The number of piperidine rings is 1. The molecule has 1 fully saturated rings. The average Bonchev–Trinajstić information content (AvgIpc) is 2.04. The lowest BCUT2D eigenvalue weighted by molar-refractivity contribution is 0.367. The molecule has 0 saturated carbocycles. The second kappa shape index (κ2) is 6.97. The molecule has 0 aliphatic carbocycles. The van der Waals surface area contributed by atoms with Crippen molar-refractivity contribution in [1.82, 2.24) is 5.32 Å². The minimum absolute atomic E-state index is 0. The maximum atomic E-state index is 3.41. The Morgan fingerprint density at radius 1 is 1.21 bits per heavy atom. The standard InChI is InChI=1S/C11H23NS.ClH/c1-11(2,3)13-9-6-10-4-7-12-8-5-10;/h10,12H,4-9H2,1-3H3;1H. The lowest BCUT2D eigenvalue weighted by Gasteiger charge is -2.24. The molecule has 1 aliphatic heterocycles. The van der Waals surface area contributed by atoms with Gasteiger partial charge in [-0.05, 0) is 44.0 Å². The average molecular weight is 238 g/mol. The quantitative estimate of drug-likeness (QED) is 0.808. The summed E-state index contributed by atoms with van der Waals surface area (Å²) < 4.78 is 0.451. The predicted octanol–water partition coefficient (Wildman–Crippen LogP) is 3.33. The van der Waals surface area contributed by atoms with Crippen LogP contribution in [0.5, 0.6) is 0 Å². The Kier molecular flexibility index (Phi) is 7.27. The summed E-state index contributed by atoms with van der Waals surface area (Å²) in [6.45, 7) is 9.40. The van der Waals surface area contributed by atoms with E-state index >= 15 is 0 Å². The molecule has 14 heavy (non-hydrogen) atoms. The van der Waals surface area contributed by atoms with Crippen LogP contribution in [0.2, 0.25) is 0 Å². The zero-order chi connectivity index (χ0) is 9.73. The molecule has 1 nitrogen and oxygen atoms in total. The summed E-state index contributed by atoms with van der Waals surface area (Å²) in [7, 11) is 0. The van der Waals surface area contributed by atoms with Crippen molar-refractivity contribution < 1.29 is 0 Å². The van der Waals surface area contributed by atoms with Gasteiger partial charge in [0.15, 0.2) is 0 Å². The Morgan fingerprint density at radius 3 is 2.29 bits per heavy atom. The molecule has 3 heteroatoms. The van der Waals surface area contributed by atoms with Crippen molar-refractivity contribution in [1.29, 1.82) is 0 Å². The molecule has 0 atom stereocenters. The van der Waals surface area contributed by atoms with Crippen molar-refractivity contribution in [2.75, 3.05) is 18.8 Å². The first-order chi connectivity index (χ1) is 6.08. The van der Waals surface area contributed by atoms with Crippen LogP contribution in [0.15, 0.2) is 0 Å². The molecule has 0 bridgehead atoms. The molecular formula is C11H24ClNS. The summed E-state index contributed by atoms with van der Waals surface area (Å²) in [6.07, 6.45) is 4.21. The molecule has 0 aromatic heterocycles. The number of nitrogens with one attached hydrogen (secondary N) is 1. The smallest absolute Gasteiger partial charge is 0.00750 e. The van der Waals surface area contributed by atoms with Gasteiger partial charge in [0.1, 0.15) is 0 Å². The van der Waals surface area contributed by atoms with Gasteiger partial charge in [-0.2, -0.15) is 11.8 Å². The molecule has 0 aromatic carbocycles. The SMILES string of the molecule is CC(C)(C)SCCC1CCNCC1.Cl. The summed E-state index contributed by atoms with van der Waals surface area (Å²) >= 11 is 2.11. The number of halogens is 1. The Hall–Kier alpha value is 0.600. The molecular weight excluding hydrogens is 214 g/mol. The van der Waals surface area contributed by atoms with E-state index in [9.17, 15) is 0 Å². The van der Waals surface area contributed by atoms with E-state index in [0.29, 0.717) is 4.75 Å². The van der Waals surface area contributed by atoms with Gasteiger partial charge in [-0.25, -0.2) is 0 Å². The fourth-order valence-electron chi connectivity index (χ4n) is 1.70. The van der Waals surface area contributed by atoms with Crippen LogP contribution in [0.4, 0.5) is 0 Å². The molecule has 86 valence electrons. The summed E-state index contributed by atoms with van der Waals surface area (Å²) in [5.41, 5.74) is 0. The number of thioether (sulfide) groups is 1. The van der Waals surface area contributed by atoms with Gasteiger partial charge in [-0.1, -0.05) is 20.8 Å². The molecule has 1 saturated heterocycles. The molecule has 0 unspecified atom stereocenters. The van der Waals surface area contributed by atoms with Crippen LogP contribution < -0.4 is 5.32 Å². The van der Waals surface area contributed by atoms with Gasteiger partial charge >= 0.3 is 0 Å². The Bertz CT molecular complexity index is 139. The van der Waals surface area contributed by atoms with Gasteiger partial charge in [0.2, 0.25) is 0 Å². The van der Waals surface area contributed by atoms with E-state index in [2.05, 4.69) is 37.8 Å². The lowest BCUT2D eigenvalue weighted by atomic mass is 9.96. The van der Waals surface area contributed by atoms with Crippen molar-refractivity contribution >= 4 is 24.2 Å². The molecule has 0 spiro atoms. The third kappa shape index (κ3) is 6.97. The fourth-order valence-corrected chi connectivity index (χ4v) is 2.77. The highest BCUT2D eigenvalue weighted by Crippen LogP contribution is 2.26. The van der Waals surface area contributed by atoms with Gasteiger partial charge in [-0.15, -0.1) is 12.4 Å². The van der Waals surface area contributed by atoms with Crippen LogP contribution in [-0.4, -0.2) is 23.6 Å². The Morgan fingerprint density at radius 2 is 1.79 bits per heavy atom. The van der Waals surface area contributed by atoms with Gasteiger partial charge in [0.25, 0.3) is 0 Å². The fraction of sp³-hybridized carbons (Fsp3) is 1.00. The topological polar surface area (TPSA) is 12.0 Å². The summed E-state index contributed by atoms with van der Waals surface area (Å²) in [5.74, 6) is 2.34. The molecule has 0 radical (unpaired) electrons. The predicted molar refractivity (Wildman–Crippen MR) is 69.7 cm³/mol. The number of hydrogen-bond donors (Lipinski definition) is 1. The second-order valence-corrected chi connectivity index (χ2v) is 6.86. The monoisotopic (exact) mass is 237 g/mol. The minimum Gasteiger partial charge on any atom is -0.317 e. The van der Waals surface area contributed by atoms with Crippen molar-refractivity contribution in [2.24, 2.45) is 5.92 Å². The van der Waals surface area contributed by atoms with Crippen LogP contribution in [0.25, 0.3) is 0 Å². The second-order valence-electron chi connectivity index (χ2n) is 4.94. The summed E-state index contributed by atoms with van der Waals surface area (Å²) in [6, 6.07) is 0. The third-order valence-corrected chi connectivity index (χ3v) is 3.83.